The minimum Gasteiger partial charge on any atom is -0.355 e. The number of benzene rings is 2. The summed E-state index contributed by atoms with van der Waals surface area (Å²) in [5.41, 5.74) is 5.46. The van der Waals surface area contributed by atoms with Crippen LogP contribution in [0.2, 0.25) is 0 Å². The Labute approximate surface area is 219 Å². The highest BCUT2D eigenvalue weighted by molar-refractivity contribution is 5.95. The van der Waals surface area contributed by atoms with Crippen LogP contribution in [0, 0.1) is 32.4 Å². The van der Waals surface area contributed by atoms with Gasteiger partial charge >= 0.3 is 0 Å². The molecule has 196 valence electrons. The van der Waals surface area contributed by atoms with Crippen LogP contribution in [0.1, 0.15) is 44.6 Å². The fourth-order valence-electron chi connectivity index (χ4n) is 4.41. The minimum absolute atomic E-state index is 0.0250. The summed E-state index contributed by atoms with van der Waals surface area (Å²) >= 11 is 0. The number of nitrogens with one attached hydrogen (secondary N) is 2. The first kappa shape index (κ1) is 26.7. The summed E-state index contributed by atoms with van der Waals surface area (Å²) in [7, 11) is 1.55. The zero-order valence-electron chi connectivity index (χ0n) is 21.7. The topological polar surface area (TPSA) is 88.9 Å². The lowest BCUT2D eigenvalue weighted by atomic mass is 9.94. The monoisotopic (exact) mass is 517 g/mol. The molecule has 38 heavy (non-hydrogen) atoms. The van der Waals surface area contributed by atoms with Gasteiger partial charge in [0.1, 0.15) is 18.2 Å². The molecule has 2 aromatic carbocycles. The first-order valence-electron chi connectivity index (χ1n) is 12.2. The van der Waals surface area contributed by atoms with Crippen molar-refractivity contribution in [2.24, 2.45) is 0 Å². The second kappa shape index (κ2) is 11.3. The van der Waals surface area contributed by atoms with E-state index in [2.05, 4.69) is 20.7 Å². The van der Waals surface area contributed by atoms with Gasteiger partial charge < -0.3 is 10.6 Å². The normalized spacial score (nSPS) is 11.7. The van der Waals surface area contributed by atoms with E-state index >= 15 is 0 Å². The maximum atomic E-state index is 14.0. The predicted molar refractivity (Wildman–Crippen MR) is 140 cm³/mol. The Balaban J connectivity index is 1.73. The zero-order valence-corrected chi connectivity index (χ0v) is 21.7. The molecule has 0 saturated carbocycles. The first-order valence-corrected chi connectivity index (χ1v) is 12.2. The van der Waals surface area contributed by atoms with Gasteiger partial charge in [-0.1, -0.05) is 18.2 Å². The molecule has 1 atom stereocenters. The molecular weight excluding hydrogens is 488 g/mol. The van der Waals surface area contributed by atoms with Crippen LogP contribution in [-0.2, 0) is 17.8 Å². The molecule has 4 aromatic rings. The summed E-state index contributed by atoms with van der Waals surface area (Å²) < 4.78 is 29.7. The summed E-state index contributed by atoms with van der Waals surface area (Å²) in [5.74, 6) is -1.98. The third-order valence-electron chi connectivity index (χ3n) is 6.57. The summed E-state index contributed by atoms with van der Waals surface area (Å²) in [6, 6.07) is 13.2. The SMILES string of the molecule is CNC(=O)c1cccc(-c2cccnc2[C@H](Cc2cc(F)cc(F)c2)NC(=O)Cn2nc(C)c(C)c2C)c1. The maximum Gasteiger partial charge on any atom is 0.251 e. The lowest BCUT2D eigenvalue weighted by Gasteiger charge is -2.22. The molecule has 0 fully saturated rings. The molecule has 2 N–H and O–H groups in total. The summed E-state index contributed by atoms with van der Waals surface area (Å²) in [6.07, 6.45) is 1.69. The van der Waals surface area contributed by atoms with Crippen LogP contribution in [0.25, 0.3) is 11.1 Å². The predicted octanol–water partition coefficient (Wildman–Crippen LogP) is 4.61. The van der Waals surface area contributed by atoms with Crippen LogP contribution >= 0.6 is 0 Å². The van der Waals surface area contributed by atoms with Crippen molar-refractivity contribution >= 4 is 11.8 Å². The Hall–Kier alpha value is -4.40. The van der Waals surface area contributed by atoms with Gasteiger partial charge in [-0.3, -0.25) is 19.3 Å². The molecule has 2 amide bonds. The van der Waals surface area contributed by atoms with Crippen molar-refractivity contribution in [2.75, 3.05) is 7.05 Å². The molecule has 4 rings (SSSR count). The van der Waals surface area contributed by atoms with Crippen molar-refractivity contribution in [3.63, 3.8) is 0 Å². The molecule has 7 nitrogen and oxygen atoms in total. The van der Waals surface area contributed by atoms with E-state index in [1.54, 1.807) is 42.2 Å². The van der Waals surface area contributed by atoms with Crippen molar-refractivity contribution < 1.29 is 18.4 Å². The fraction of sp³-hybridized carbons (Fsp3) is 0.241. The Kier molecular flexibility index (Phi) is 7.95. The molecule has 0 aliphatic carbocycles. The van der Waals surface area contributed by atoms with E-state index in [1.165, 1.54) is 12.1 Å². The molecule has 2 heterocycles. The van der Waals surface area contributed by atoms with Gasteiger partial charge in [0, 0.05) is 36.1 Å². The number of carbonyl (C=O) groups excluding carboxylic acids is 2. The number of aryl methyl sites for hydroxylation is 1. The Morgan fingerprint density at radius 2 is 1.74 bits per heavy atom. The molecule has 0 unspecified atom stereocenters. The Bertz CT molecular complexity index is 1480. The van der Waals surface area contributed by atoms with Gasteiger partial charge in [-0.05, 0) is 74.2 Å². The van der Waals surface area contributed by atoms with Crippen LogP contribution in [-0.4, -0.2) is 33.6 Å². The maximum absolute atomic E-state index is 14.0. The third kappa shape index (κ3) is 5.94. The number of carbonyl (C=O) groups is 2. The van der Waals surface area contributed by atoms with Gasteiger partial charge in [0.2, 0.25) is 5.91 Å². The Morgan fingerprint density at radius 1 is 1.00 bits per heavy atom. The summed E-state index contributed by atoms with van der Waals surface area (Å²) in [4.78, 5) is 30.0. The van der Waals surface area contributed by atoms with Crippen molar-refractivity contribution in [2.45, 2.75) is 39.8 Å². The van der Waals surface area contributed by atoms with Crippen LogP contribution in [0.15, 0.2) is 60.8 Å². The molecule has 0 aliphatic heterocycles. The second-order valence-electron chi connectivity index (χ2n) is 9.15. The van der Waals surface area contributed by atoms with Crippen LogP contribution in [0.4, 0.5) is 8.78 Å². The van der Waals surface area contributed by atoms with Gasteiger partial charge in [-0.2, -0.15) is 5.10 Å². The molecular formula is C29H29F2N5O2. The smallest absolute Gasteiger partial charge is 0.251 e. The number of pyridine rings is 1. The van der Waals surface area contributed by atoms with E-state index < -0.39 is 17.7 Å². The lowest BCUT2D eigenvalue weighted by molar-refractivity contribution is -0.122. The van der Waals surface area contributed by atoms with Gasteiger partial charge in [0.25, 0.3) is 5.91 Å². The average molecular weight is 518 g/mol. The molecule has 2 aromatic heterocycles. The molecule has 0 aliphatic rings. The van der Waals surface area contributed by atoms with Gasteiger partial charge in [0.15, 0.2) is 0 Å². The van der Waals surface area contributed by atoms with Gasteiger partial charge in [-0.15, -0.1) is 0 Å². The van der Waals surface area contributed by atoms with Crippen molar-refractivity contribution in [1.82, 2.24) is 25.4 Å². The van der Waals surface area contributed by atoms with Crippen molar-refractivity contribution in [3.8, 4) is 11.1 Å². The number of nitrogens with zero attached hydrogens (tertiary/aromatic N) is 3. The molecule has 0 radical (unpaired) electrons. The fourth-order valence-corrected chi connectivity index (χ4v) is 4.41. The van der Waals surface area contributed by atoms with Crippen molar-refractivity contribution in [1.29, 1.82) is 0 Å². The highest BCUT2D eigenvalue weighted by atomic mass is 19.1. The molecule has 0 saturated heterocycles. The third-order valence-corrected chi connectivity index (χ3v) is 6.57. The lowest BCUT2D eigenvalue weighted by Crippen LogP contribution is -2.34. The average Bonchev–Trinajstić information content (AvgIpc) is 3.13. The van der Waals surface area contributed by atoms with Gasteiger partial charge in [-0.25, -0.2) is 8.78 Å². The number of rotatable bonds is 8. The number of aromatic nitrogens is 3. The van der Waals surface area contributed by atoms with E-state index in [0.717, 1.165) is 23.0 Å². The van der Waals surface area contributed by atoms with E-state index in [4.69, 9.17) is 0 Å². The quantitative estimate of drug-likeness (QED) is 0.357. The van der Waals surface area contributed by atoms with Gasteiger partial charge in [0.05, 0.1) is 17.4 Å². The first-order chi connectivity index (χ1) is 18.2. The molecule has 0 spiro atoms. The largest absolute Gasteiger partial charge is 0.355 e. The summed E-state index contributed by atoms with van der Waals surface area (Å²) in [6.45, 7) is 5.69. The number of amides is 2. The van der Waals surface area contributed by atoms with Crippen LogP contribution in [0.5, 0.6) is 0 Å². The standard InChI is InChI=1S/C29H29F2N5O2/c1-17-18(2)35-36(19(17)3)16-27(37)34-26(13-20-11-23(30)15-24(31)12-20)28-25(9-6-10-33-28)21-7-5-8-22(14-21)29(38)32-4/h5-12,14-15,26H,13,16H2,1-4H3,(H,32,38)(H,34,37)/t26-/m0/s1. The van der Waals surface area contributed by atoms with Crippen molar-refractivity contribution in [3.05, 3.63) is 106 Å². The number of halogens is 2. The highest BCUT2D eigenvalue weighted by Gasteiger charge is 2.23. The number of hydrogen-bond donors (Lipinski definition) is 2. The second-order valence-corrected chi connectivity index (χ2v) is 9.15. The van der Waals surface area contributed by atoms with E-state index in [0.29, 0.717) is 27.9 Å². The van der Waals surface area contributed by atoms with Crippen LogP contribution in [0.3, 0.4) is 0 Å². The van der Waals surface area contributed by atoms with E-state index in [-0.39, 0.29) is 24.8 Å². The van der Waals surface area contributed by atoms with E-state index in [1.807, 2.05) is 32.9 Å². The van der Waals surface area contributed by atoms with E-state index in [9.17, 15) is 18.4 Å². The van der Waals surface area contributed by atoms with Crippen LogP contribution < -0.4 is 10.6 Å². The highest BCUT2D eigenvalue weighted by Crippen LogP contribution is 2.30. The zero-order chi connectivity index (χ0) is 27.4. The summed E-state index contributed by atoms with van der Waals surface area (Å²) in [5, 5.41) is 10.0. The Morgan fingerprint density at radius 3 is 2.39 bits per heavy atom. The number of hydrogen-bond acceptors (Lipinski definition) is 4. The minimum atomic E-state index is -0.721. The molecule has 9 heteroatoms. The molecule has 0 bridgehead atoms.